The van der Waals surface area contributed by atoms with Crippen LogP contribution in [0.3, 0.4) is 0 Å². The molecular weight excluding hydrogens is 382 g/mol. The number of amides is 1. The van der Waals surface area contributed by atoms with Crippen molar-refractivity contribution in [3.63, 3.8) is 0 Å². The van der Waals surface area contributed by atoms with Crippen LogP contribution in [0, 0.1) is 19.8 Å². The van der Waals surface area contributed by atoms with Gasteiger partial charge in [-0.3, -0.25) is 0 Å². The van der Waals surface area contributed by atoms with E-state index in [1.165, 1.54) is 24.2 Å². The number of aryl methyl sites for hydroxylation is 2. The molecule has 1 aliphatic carbocycles. The van der Waals surface area contributed by atoms with Crippen LogP contribution in [-0.2, 0) is 11.3 Å². The normalized spacial score (nSPS) is 14.7. The largest absolute Gasteiger partial charge is 0.489 e. The number of hydrogen-bond acceptors (Lipinski definition) is 6. The third-order valence-corrected chi connectivity index (χ3v) is 5.35. The average molecular weight is 416 g/mol. The summed E-state index contributed by atoms with van der Waals surface area (Å²) in [5.74, 6) is 1.68. The third-order valence-electron chi connectivity index (χ3n) is 5.35. The predicted molar refractivity (Wildman–Crippen MR) is 114 cm³/mol. The molecule has 0 spiro atoms. The molecule has 0 unspecified atom stereocenters. The van der Waals surface area contributed by atoms with E-state index in [1.54, 1.807) is 7.05 Å². The zero-order valence-electron chi connectivity index (χ0n) is 18.7. The van der Waals surface area contributed by atoms with Crippen molar-refractivity contribution < 1.29 is 18.8 Å². The minimum absolute atomic E-state index is 0.277. The van der Waals surface area contributed by atoms with Gasteiger partial charge in [-0.1, -0.05) is 25.4 Å². The number of ether oxygens (including phenoxy) is 2. The van der Waals surface area contributed by atoms with Crippen LogP contribution in [0.25, 0.3) is 11.5 Å². The Morgan fingerprint density at radius 2 is 1.93 bits per heavy atom. The first kappa shape index (κ1) is 22.1. The van der Waals surface area contributed by atoms with Crippen molar-refractivity contribution in [2.75, 3.05) is 13.7 Å². The van der Waals surface area contributed by atoms with Crippen LogP contribution < -0.4 is 4.74 Å². The number of pyridine rings is 1. The van der Waals surface area contributed by atoms with Crippen LogP contribution in [0.15, 0.2) is 16.7 Å². The second kappa shape index (κ2) is 9.96. The average Bonchev–Trinajstić information content (AvgIpc) is 3.08. The predicted octanol–water partition coefficient (Wildman–Crippen LogP) is 5.29. The summed E-state index contributed by atoms with van der Waals surface area (Å²) in [6.45, 7) is 8.55. The minimum Gasteiger partial charge on any atom is -0.489 e. The van der Waals surface area contributed by atoms with Crippen LogP contribution in [0.1, 0.15) is 62.9 Å². The molecule has 1 fully saturated rings. The summed E-state index contributed by atoms with van der Waals surface area (Å²) in [5.41, 5.74) is 3.06. The van der Waals surface area contributed by atoms with Gasteiger partial charge in [0.1, 0.15) is 11.4 Å². The summed E-state index contributed by atoms with van der Waals surface area (Å²) in [7, 11) is 1.71. The van der Waals surface area contributed by atoms with Gasteiger partial charge in [0, 0.05) is 12.6 Å². The van der Waals surface area contributed by atoms with Gasteiger partial charge in [0.2, 0.25) is 0 Å². The van der Waals surface area contributed by atoms with Crippen molar-refractivity contribution in [3.05, 3.63) is 29.1 Å². The number of carbonyl (C=O) groups excluding carboxylic acids is 1. The topological polar surface area (TPSA) is 77.7 Å². The lowest BCUT2D eigenvalue weighted by molar-refractivity contribution is 0.0980. The first-order valence-electron chi connectivity index (χ1n) is 10.8. The highest BCUT2D eigenvalue weighted by Gasteiger charge is 2.22. The molecule has 0 aromatic carbocycles. The fraction of sp³-hybridized carbons (Fsp3) is 0.609. The smallest absolute Gasteiger partial charge is 0.409 e. The number of nitrogens with zero attached hydrogens (tertiary/aromatic N) is 3. The Balaban J connectivity index is 1.73. The molecule has 0 aliphatic heterocycles. The van der Waals surface area contributed by atoms with E-state index in [0.717, 1.165) is 35.5 Å². The first-order valence-corrected chi connectivity index (χ1v) is 10.8. The second-order valence-corrected chi connectivity index (χ2v) is 8.56. The van der Waals surface area contributed by atoms with Crippen molar-refractivity contribution in [3.8, 4) is 17.2 Å². The first-order chi connectivity index (χ1) is 14.3. The van der Waals surface area contributed by atoms with Crippen LogP contribution in [-0.4, -0.2) is 40.9 Å². The summed E-state index contributed by atoms with van der Waals surface area (Å²) in [6, 6.07) is 3.85. The SMILES string of the molecule is Cc1nc(-c2onc(C)c2CN(C)C(=O)OCC(C)C)ccc1OC1CCCCC1. The summed E-state index contributed by atoms with van der Waals surface area (Å²) in [5, 5.41) is 4.10. The van der Waals surface area contributed by atoms with Crippen molar-refractivity contribution in [1.82, 2.24) is 15.0 Å². The quantitative estimate of drug-likeness (QED) is 0.611. The standard InChI is InChI=1S/C23H33N3O4/c1-15(2)14-28-23(27)26(5)13-19-16(3)25-30-22(19)20-11-12-21(17(4)24-20)29-18-9-7-6-8-10-18/h11-12,15,18H,6-10,13-14H2,1-5H3. The highest BCUT2D eigenvalue weighted by Crippen LogP contribution is 2.30. The summed E-state index contributed by atoms with van der Waals surface area (Å²) in [6.07, 6.45) is 5.86. The van der Waals surface area contributed by atoms with Crippen molar-refractivity contribution in [2.24, 2.45) is 5.92 Å². The Morgan fingerprint density at radius 3 is 2.60 bits per heavy atom. The zero-order valence-corrected chi connectivity index (χ0v) is 18.7. The molecule has 7 heteroatoms. The molecule has 0 saturated heterocycles. The second-order valence-electron chi connectivity index (χ2n) is 8.56. The van der Waals surface area contributed by atoms with Gasteiger partial charge in [0.25, 0.3) is 0 Å². The lowest BCUT2D eigenvalue weighted by Gasteiger charge is -2.23. The molecule has 2 heterocycles. The van der Waals surface area contributed by atoms with Gasteiger partial charge in [-0.05, 0) is 57.6 Å². The Kier molecular flexibility index (Phi) is 7.34. The molecular formula is C23H33N3O4. The highest BCUT2D eigenvalue weighted by molar-refractivity contribution is 5.68. The van der Waals surface area contributed by atoms with Gasteiger partial charge in [-0.25, -0.2) is 9.78 Å². The van der Waals surface area contributed by atoms with Crippen LogP contribution >= 0.6 is 0 Å². The monoisotopic (exact) mass is 415 g/mol. The molecule has 164 valence electrons. The van der Waals surface area contributed by atoms with Gasteiger partial charge in [-0.15, -0.1) is 0 Å². The zero-order chi connectivity index (χ0) is 21.7. The van der Waals surface area contributed by atoms with Gasteiger partial charge >= 0.3 is 6.09 Å². The van der Waals surface area contributed by atoms with E-state index in [0.29, 0.717) is 24.6 Å². The lowest BCUT2D eigenvalue weighted by Crippen LogP contribution is -2.28. The van der Waals surface area contributed by atoms with E-state index < -0.39 is 0 Å². The van der Waals surface area contributed by atoms with Crippen molar-refractivity contribution in [2.45, 2.75) is 72.4 Å². The maximum absolute atomic E-state index is 12.2. The van der Waals surface area contributed by atoms with Crippen LogP contribution in [0.4, 0.5) is 4.79 Å². The minimum atomic E-state index is -0.365. The Labute approximate surface area is 178 Å². The summed E-state index contributed by atoms with van der Waals surface area (Å²) in [4.78, 5) is 18.5. The third kappa shape index (κ3) is 5.52. The molecule has 30 heavy (non-hydrogen) atoms. The molecule has 0 atom stereocenters. The van der Waals surface area contributed by atoms with E-state index in [9.17, 15) is 4.79 Å². The number of hydrogen-bond donors (Lipinski definition) is 0. The van der Waals surface area contributed by atoms with E-state index in [-0.39, 0.29) is 18.1 Å². The number of rotatable bonds is 7. The Hall–Kier alpha value is -2.57. The van der Waals surface area contributed by atoms with E-state index in [1.807, 2.05) is 39.8 Å². The summed E-state index contributed by atoms with van der Waals surface area (Å²) >= 11 is 0. The Bertz CT molecular complexity index is 856. The summed E-state index contributed by atoms with van der Waals surface area (Å²) < 4.78 is 17.1. The van der Waals surface area contributed by atoms with Gasteiger partial charge in [-0.2, -0.15) is 0 Å². The molecule has 1 aliphatic rings. The molecule has 0 bridgehead atoms. The molecule has 1 amide bonds. The van der Waals surface area contributed by atoms with Crippen LogP contribution in [0.2, 0.25) is 0 Å². The molecule has 2 aromatic rings. The van der Waals surface area contributed by atoms with E-state index in [4.69, 9.17) is 19.0 Å². The van der Waals surface area contributed by atoms with E-state index in [2.05, 4.69) is 5.16 Å². The van der Waals surface area contributed by atoms with Crippen LogP contribution in [0.5, 0.6) is 5.75 Å². The lowest BCUT2D eigenvalue weighted by atomic mass is 9.98. The molecule has 0 N–H and O–H groups in total. The molecule has 0 radical (unpaired) electrons. The Morgan fingerprint density at radius 1 is 1.20 bits per heavy atom. The van der Waals surface area contributed by atoms with Gasteiger partial charge < -0.3 is 18.9 Å². The number of carbonyl (C=O) groups is 1. The molecule has 3 rings (SSSR count). The fourth-order valence-electron chi connectivity index (χ4n) is 3.59. The van der Waals surface area contributed by atoms with Crippen molar-refractivity contribution in [1.29, 1.82) is 0 Å². The maximum atomic E-state index is 12.2. The highest BCUT2D eigenvalue weighted by atomic mass is 16.6. The van der Waals surface area contributed by atoms with E-state index >= 15 is 0 Å². The van der Waals surface area contributed by atoms with Crippen molar-refractivity contribution >= 4 is 6.09 Å². The molecule has 2 aromatic heterocycles. The molecule has 7 nitrogen and oxygen atoms in total. The number of aromatic nitrogens is 2. The molecule has 1 saturated carbocycles. The fourth-order valence-corrected chi connectivity index (χ4v) is 3.59. The maximum Gasteiger partial charge on any atom is 0.409 e. The van der Waals surface area contributed by atoms with Gasteiger partial charge in [0.05, 0.1) is 30.6 Å². The van der Waals surface area contributed by atoms with Gasteiger partial charge in [0.15, 0.2) is 5.76 Å².